The van der Waals surface area contributed by atoms with Gasteiger partial charge in [0.1, 0.15) is 0 Å². The fraction of sp³-hybridized carbons (Fsp3) is 0.375. The van der Waals surface area contributed by atoms with Gasteiger partial charge in [0.05, 0.1) is 0 Å². The Balaban J connectivity index is 1.86. The van der Waals surface area contributed by atoms with E-state index in [1.807, 2.05) is 42.5 Å². The second-order valence-electron chi connectivity index (χ2n) is 7.84. The lowest BCUT2D eigenvalue weighted by molar-refractivity contribution is -0.161. The Labute approximate surface area is 187 Å². The number of carbonyl (C=O) groups is 3. The monoisotopic (exact) mass is 442 g/mol. The Bertz CT molecular complexity index is 917. The summed E-state index contributed by atoms with van der Waals surface area (Å²) in [6, 6.07) is 16.4. The largest absolute Gasteiger partial charge is 0.447 e. The second kappa shape index (κ2) is 10.4. The lowest BCUT2D eigenvalue weighted by Crippen LogP contribution is -2.53. The molecule has 6 nitrogen and oxygen atoms in total. The number of rotatable bonds is 6. The molecule has 3 atom stereocenters. The van der Waals surface area contributed by atoms with Crippen molar-refractivity contribution in [1.82, 2.24) is 10.2 Å². The zero-order chi connectivity index (χ0) is 22.4. The minimum Gasteiger partial charge on any atom is -0.447 e. The standard InChI is InChI=1S/C24H27ClN2O4/c1-16(28)26-21-12-13-27(22(15-21)14-18-8-10-20(25)11-9-18)24(30)23(31-17(2)29)19-6-4-3-5-7-19/h3-11,21-23H,12-15H2,1-2H3,(H,26,28)/t21-,22+,23-/m0/s1. The molecule has 0 saturated carbocycles. The van der Waals surface area contributed by atoms with Crippen molar-refractivity contribution in [2.45, 2.75) is 51.3 Å². The number of likely N-dealkylation sites (tertiary alicyclic amines) is 1. The van der Waals surface area contributed by atoms with Crippen molar-refractivity contribution in [2.75, 3.05) is 6.54 Å². The van der Waals surface area contributed by atoms with Crippen LogP contribution in [0.3, 0.4) is 0 Å². The first kappa shape index (κ1) is 22.8. The highest BCUT2D eigenvalue weighted by atomic mass is 35.5. The van der Waals surface area contributed by atoms with Crippen LogP contribution in [0.1, 0.15) is 43.9 Å². The molecule has 1 fully saturated rings. The van der Waals surface area contributed by atoms with E-state index in [1.54, 1.807) is 17.0 Å². The minimum atomic E-state index is -0.997. The fourth-order valence-corrected chi connectivity index (χ4v) is 4.18. The predicted molar refractivity (Wildman–Crippen MR) is 118 cm³/mol. The summed E-state index contributed by atoms with van der Waals surface area (Å²) in [7, 11) is 0. The van der Waals surface area contributed by atoms with Crippen LogP contribution >= 0.6 is 11.6 Å². The number of piperidine rings is 1. The topological polar surface area (TPSA) is 75.7 Å². The predicted octanol–water partition coefficient (Wildman–Crippen LogP) is 3.68. The molecular weight excluding hydrogens is 416 g/mol. The van der Waals surface area contributed by atoms with Crippen molar-refractivity contribution in [3.63, 3.8) is 0 Å². The number of nitrogens with one attached hydrogen (secondary N) is 1. The van der Waals surface area contributed by atoms with E-state index in [9.17, 15) is 14.4 Å². The quantitative estimate of drug-likeness (QED) is 0.692. The fourth-order valence-electron chi connectivity index (χ4n) is 4.05. The number of esters is 1. The van der Waals surface area contributed by atoms with Crippen LogP contribution in [0.15, 0.2) is 54.6 Å². The van der Waals surface area contributed by atoms with Crippen LogP contribution < -0.4 is 5.32 Å². The minimum absolute atomic E-state index is 0.0113. The summed E-state index contributed by atoms with van der Waals surface area (Å²) in [5.41, 5.74) is 1.68. The van der Waals surface area contributed by atoms with Crippen molar-refractivity contribution in [3.8, 4) is 0 Å². The molecule has 3 rings (SSSR count). The molecule has 2 amide bonds. The smallest absolute Gasteiger partial charge is 0.303 e. The zero-order valence-electron chi connectivity index (χ0n) is 17.7. The average Bonchev–Trinajstić information content (AvgIpc) is 2.73. The average molecular weight is 443 g/mol. The number of nitrogens with zero attached hydrogens (tertiary/aromatic N) is 1. The maximum Gasteiger partial charge on any atom is 0.303 e. The van der Waals surface area contributed by atoms with E-state index in [1.165, 1.54) is 13.8 Å². The molecule has 1 N–H and O–H groups in total. The van der Waals surface area contributed by atoms with Crippen molar-refractivity contribution >= 4 is 29.4 Å². The molecule has 164 valence electrons. The van der Waals surface area contributed by atoms with Gasteiger partial charge in [-0.25, -0.2) is 0 Å². The molecule has 0 aliphatic carbocycles. The summed E-state index contributed by atoms with van der Waals surface area (Å²) in [4.78, 5) is 38.7. The van der Waals surface area contributed by atoms with Gasteiger partial charge in [0, 0.05) is 43.1 Å². The van der Waals surface area contributed by atoms with Gasteiger partial charge in [0.25, 0.3) is 5.91 Å². The molecule has 0 radical (unpaired) electrons. The molecule has 31 heavy (non-hydrogen) atoms. The number of benzene rings is 2. The first-order chi connectivity index (χ1) is 14.8. The molecule has 2 aromatic carbocycles. The normalized spacial score (nSPS) is 19.4. The zero-order valence-corrected chi connectivity index (χ0v) is 18.5. The molecule has 1 aliphatic heterocycles. The van der Waals surface area contributed by atoms with Crippen molar-refractivity contribution in [2.24, 2.45) is 0 Å². The van der Waals surface area contributed by atoms with Crippen molar-refractivity contribution in [3.05, 3.63) is 70.7 Å². The van der Waals surface area contributed by atoms with Gasteiger partial charge in [-0.3, -0.25) is 14.4 Å². The van der Waals surface area contributed by atoms with E-state index < -0.39 is 12.1 Å². The van der Waals surface area contributed by atoms with Crippen LogP contribution in [0.4, 0.5) is 0 Å². The van der Waals surface area contributed by atoms with Gasteiger partial charge in [-0.2, -0.15) is 0 Å². The number of hydrogen-bond donors (Lipinski definition) is 1. The van der Waals surface area contributed by atoms with Crippen LogP contribution in [0.25, 0.3) is 0 Å². The molecule has 0 unspecified atom stereocenters. The first-order valence-corrected chi connectivity index (χ1v) is 10.8. The van der Waals surface area contributed by atoms with Crippen LogP contribution in [0, 0.1) is 0 Å². The van der Waals surface area contributed by atoms with Crippen molar-refractivity contribution < 1.29 is 19.1 Å². The van der Waals surface area contributed by atoms with Gasteiger partial charge in [0.15, 0.2) is 0 Å². The van der Waals surface area contributed by atoms with Crippen LogP contribution in [-0.4, -0.2) is 41.3 Å². The summed E-state index contributed by atoms with van der Waals surface area (Å²) in [5, 5.41) is 3.62. The van der Waals surface area contributed by atoms with Crippen LogP contribution in [0.2, 0.25) is 5.02 Å². The Kier molecular flexibility index (Phi) is 7.69. The van der Waals surface area contributed by atoms with E-state index in [2.05, 4.69) is 5.32 Å². The van der Waals surface area contributed by atoms with E-state index in [4.69, 9.17) is 16.3 Å². The molecule has 1 saturated heterocycles. The van der Waals surface area contributed by atoms with Crippen LogP contribution in [0.5, 0.6) is 0 Å². The second-order valence-corrected chi connectivity index (χ2v) is 8.27. The Morgan fingerprint density at radius 3 is 2.39 bits per heavy atom. The third-order valence-electron chi connectivity index (χ3n) is 5.40. The van der Waals surface area contributed by atoms with E-state index in [-0.39, 0.29) is 23.9 Å². The number of ether oxygens (including phenoxy) is 1. The number of halogens is 1. The maximum atomic E-state index is 13.6. The SMILES string of the molecule is CC(=O)N[C@H]1CCN(C(=O)[C@@H](OC(C)=O)c2ccccc2)[C@H](Cc2ccc(Cl)cc2)C1. The number of carbonyl (C=O) groups excluding carboxylic acids is 3. The van der Waals surface area contributed by atoms with Gasteiger partial charge in [0.2, 0.25) is 12.0 Å². The summed E-state index contributed by atoms with van der Waals surface area (Å²) in [5.74, 6) is -0.844. The van der Waals surface area contributed by atoms with Gasteiger partial charge in [-0.1, -0.05) is 54.1 Å². The van der Waals surface area contributed by atoms with Crippen LogP contribution in [-0.2, 0) is 25.5 Å². The molecule has 0 bridgehead atoms. The third-order valence-corrected chi connectivity index (χ3v) is 5.65. The molecule has 0 aromatic heterocycles. The Morgan fingerprint density at radius 2 is 1.77 bits per heavy atom. The highest BCUT2D eigenvalue weighted by Gasteiger charge is 2.37. The Morgan fingerprint density at radius 1 is 1.10 bits per heavy atom. The highest BCUT2D eigenvalue weighted by Crippen LogP contribution is 2.28. The van der Waals surface area contributed by atoms with E-state index in [0.717, 1.165) is 5.56 Å². The highest BCUT2D eigenvalue weighted by molar-refractivity contribution is 6.30. The number of amides is 2. The van der Waals surface area contributed by atoms with Crippen molar-refractivity contribution in [1.29, 1.82) is 0 Å². The molecular formula is C24H27ClN2O4. The van der Waals surface area contributed by atoms with E-state index in [0.29, 0.717) is 36.4 Å². The molecule has 7 heteroatoms. The lowest BCUT2D eigenvalue weighted by Gasteiger charge is -2.41. The summed E-state index contributed by atoms with van der Waals surface area (Å²) in [6.45, 7) is 3.27. The molecule has 0 spiro atoms. The summed E-state index contributed by atoms with van der Waals surface area (Å²) in [6.07, 6.45) is 0.879. The molecule has 1 aliphatic rings. The Hall–Kier alpha value is -2.86. The van der Waals surface area contributed by atoms with Gasteiger partial charge < -0.3 is 15.0 Å². The van der Waals surface area contributed by atoms with E-state index >= 15 is 0 Å². The van der Waals surface area contributed by atoms with Gasteiger partial charge in [-0.05, 0) is 37.0 Å². The van der Waals surface area contributed by atoms with Gasteiger partial charge in [-0.15, -0.1) is 0 Å². The van der Waals surface area contributed by atoms with Gasteiger partial charge >= 0.3 is 5.97 Å². The summed E-state index contributed by atoms with van der Waals surface area (Å²) < 4.78 is 5.44. The first-order valence-electron chi connectivity index (χ1n) is 10.4. The summed E-state index contributed by atoms with van der Waals surface area (Å²) >= 11 is 6.01. The maximum absolute atomic E-state index is 13.6. The lowest BCUT2D eigenvalue weighted by atomic mass is 9.91. The molecule has 1 heterocycles. The molecule has 2 aromatic rings. The number of hydrogen-bond acceptors (Lipinski definition) is 4. The third kappa shape index (κ3) is 6.31.